The minimum Gasteiger partial charge on any atom is -0.247 e. The van der Waals surface area contributed by atoms with Gasteiger partial charge in [0.25, 0.3) is 0 Å². The normalized spacial score (nSPS) is 11.5. The molecule has 6 heteroatoms. The van der Waals surface area contributed by atoms with Crippen LogP contribution in [-0.2, 0) is 6.54 Å². The van der Waals surface area contributed by atoms with Crippen molar-refractivity contribution in [3.05, 3.63) is 31.5 Å². The number of hydrogen-bond donors (Lipinski definition) is 0. The third-order valence-electron chi connectivity index (χ3n) is 2.64. The number of aromatic nitrogens is 3. The molecule has 0 unspecified atom stereocenters. The highest BCUT2D eigenvalue weighted by atomic mass is 16.2. The summed E-state index contributed by atoms with van der Waals surface area (Å²) in [5.74, 6) is 0. The molecule has 6 nitrogen and oxygen atoms in total. The number of nitrogens with zero attached hydrogens (tertiary/aromatic N) is 3. The van der Waals surface area contributed by atoms with Crippen LogP contribution < -0.4 is 17.1 Å². The van der Waals surface area contributed by atoms with Crippen LogP contribution in [-0.4, -0.2) is 13.7 Å². The Morgan fingerprint density at radius 3 is 1.41 bits per heavy atom. The summed E-state index contributed by atoms with van der Waals surface area (Å²) in [6, 6.07) is -0.531. The Bertz CT molecular complexity index is 529. The second kappa shape index (κ2) is 4.73. The largest absolute Gasteiger partial charge is 0.336 e. The molecular weight excluding hydrogens is 222 g/mol. The zero-order chi connectivity index (χ0) is 13.3. The lowest BCUT2D eigenvalue weighted by molar-refractivity contribution is 0.401. The molecule has 0 atom stereocenters. The monoisotopic (exact) mass is 241 g/mol. The summed E-state index contributed by atoms with van der Waals surface area (Å²) in [6.07, 6.45) is 0. The molecule has 1 aromatic heterocycles. The fraction of sp³-hybridized carbons (Fsp3) is 0.727. The molecule has 0 fully saturated rings. The Hall–Kier alpha value is -1.59. The molecule has 0 radical (unpaired) electrons. The summed E-state index contributed by atoms with van der Waals surface area (Å²) >= 11 is 0. The van der Waals surface area contributed by atoms with E-state index in [9.17, 15) is 14.4 Å². The lowest BCUT2D eigenvalue weighted by atomic mass is 10.4. The molecule has 0 aliphatic heterocycles. The van der Waals surface area contributed by atoms with Gasteiger partial charge in [-0.2, -0.15) is 0 Å². The van der Waals surface area contributed by atoms with E-state index >= 15 is 0 Å². The fourth-order valence-corrected chi connectivity index (χ4v) is 1.78. The molecule has 0 spiro atoms. The smallest absolute Gasteiger partial charge is 0.247 e. The Morgan fingerprint density at radius 1 is 0.824 bits per heavy atom. The van der Waals surface area contributed by atoms with Crippen LogP contribution in [0.5, 0.6) is 0 Å². The topological polar surface area (TPSA) is 66.0 Å². The minimum atomic E-state index is -0.533. The summed E-state index contributed by atoms with van der Waals surface area (Å²) in [5, 5.41) is 0. The van der Waals surface area contributed by atoms with E-state index in [1.54, 1.807) is 34.6 Å². The van der Waals surface area contributed by atoms with Crippen molar-refractivity contribution in [2.45, 2.75) is 53.2 Å². The van der Waals surface area contributed by atoms with E-state index in [-0.39, 0.29) is 18.6 Å². The van der Waals surface area contributed by atoms with Gasteiger partial charge in [-0.3, -0.25) is 0 Å². The second-order valence-electron chi connectivity index (χ2n) is 4.52. The summed E-state index contributed by atoms with van der Waals surface area (Å²) in [7, 11) is 0. The predicted octanol–water partition coefficient (Wildman–Crippen LogP) is 0.353. The van der Waals surface area contributed by atoms with Crippen LogP contribution in [0, 0.1) is 0 Å². The highest BCUT2D eigenvalue weighted by molar-refractivity contribution is 4.82. The van der Waals surface area contributed by atoms with Crippen LogP contribution >= 0.6 is 0 Å². The van der Waals surface area contributed by atoms with Crippen molar-refractivity contribution in [1.82, 2.24) is 13.7 Å². The van der Waals surface area contributed by atoms with Gasteiger partial charge in [0.05, 0.1) is 0 Å². The maximum atomic E-state index is 12.1. The quantitative estimate of drug-likeness (QED) is 0.767. The Kier molecular flexibility index (Phi) is 3.75. The zero-order valence-electron chi connectivity index (χ0n) is 10.9. The van der Waals surface area contributed by atoms with Crippen molar-refractivity contribution >= 4 is 0 Å². The van der Waals surface area contributed by atoms with Gasteiger partial charge >= 0.3 is 17.1 Å². The molecule has 0 bridgehead atoms. The molecule has 0 amide bonds. The number of hydrogen-bond acceptors (Lipinski definition) is 3. The summed E-state index contributed by atoms with van der Waals surface area (Å²) in [5.41, 5.74) is -1.60. The third-order valence-corrected chi connectivity index (χ3v) is 2.64. The Labute approximate surface area is 99.1 Å². The molecule has 0 aliphatic rings. The van der Waals surface area contributed by atoms with Crippen LogP contribution in [0.3, 0.4) is 0 Å². The van der Waals surface area contributed by atoms with Gasteiger partial charge in [0.15, 0.2) is 0 Å². The van der Waals surface area contributed by atoms with Crippen LogP contribution in [0.15, 0.2) is 14.4 Å². The highest BCUT2D eigenvalue weighted by Gasteiger charge is 2.17. The van der Waals surface area contributed by atoms with Crippen LogP contribution in [0.25, 0.3) is 0 Å². The molecule has 1 aromatic rings. The van der Waals surface area contributed by atoms with Crippen LogP contribution in [0.1, 0.15) is 46.7 Å². The molecule has 0 saturated heterocycles. The SMILES string of the molecule is CCn1c(=O)n(C(C)C)c(=O)n(C(C)C)c1=O. The van der Waals surface area contributed by atoms with Gasteiger partial charge in [0.2, 0.25) is 0 Å². The van der Waals surface area contributed by atoms with Crippen LogP contribution in [0.2, 0.25) is 0 Å². The van der Waals surface area contributed by atoms with Crippen molar-refractivity contribution in [3.8, 4) is 0 Å². The first kappa shape index (κ1) is 13.5. The van der Waals surface area contributed by atoms with E-state index in [4.69, 9.17) is 0 Å². The van der Waals surface area contributed by atoms with Crippen molar-refractivity contribution in [3.63, 3.8) is 0 Å². The van der Waals surface area contributed by atoms with Gasteiger partial charge in [0, 0.05) is 18.6 Å². The standard InChI is InChI=1S/C11H19N3O3/c1-6-12-9(15)13(7(2)3)11(17)14(8(4)5)10(12)16/h7-8H,6H2,1-5H3. The summed E-state index contributed by atoms with van der Waals surface area (Å²) in [6.45, 7) is 8.96. The fourth-order valence-electron chi connectivity index (χ4n) is 1.78. The molecule has 0 N–H and O–H groups in total. The molecule has 96 valence electrons. The van der Waals surface area contributed by atoms with Gasteiger partial charge in [-0.1, -0.05) is 0 Å². The first-order valence-corrected chi connectivity index (χ1v) is 5.80. The first-order valence-electron chi connectivity index (χ1n) is 5.80. The van der Waals surface area contributed by atoms with E-state index in [1.807, 2.05) is 0 Å². The first-order chi connectivity index (χ1) is 7.82. The molecular formula is C11H19N3O3. The average molecular weight is 241 g/mol. The molecule has 1 rings (SSSR count). The molecule has 1 heterocycles. The van der Waals surface area contributed by atoms with E-state index < -0.39 is 17.1 Å². The Morgan fingerprint density at radius 2 is 1.18 bits per heavy atom. The lowest BCUT2D eigenvalue weighted by Gasteiger charge is -2.16. The predicted molar refractivity (Wildman–Crippen MR) is 65.7 cm³/mol. The molecule has 0 aliphatic carbocycles. The molecule has 0 aromatic carbocycles. The minimum absolute atomic E-state index is 0.261. The van der Waals surface area contributed by atoms with Gasteiger partial charge in [-0.15, -0.1) is 0 Å². The van der Waals surface area contributed by atoms with E-state index in [2.05, 4.69) is 0 Å². The van der Waals surface area contributed by atoms with Crippen molar-refractivity contribution in [2.24, 2.45) is 0 Å². The second-order valence-corrected chi connectivity index (χ2v) is 4.52. The lowest BCUT2D eigenvalue weighted by Crippen LogP contribution is -2.55. The van der Waals surface area contributed by atoms with Crippen molar-refractivity contribution < 1.29 is 0 Å². The van der Waals surface area contributed by atoms with Gasteiger partial charge in [-0.25, -0.2) is 28.1 Å². The maximum absolute atomic E-state index is 12.1. The zero-order valence-corrected chi connectivity index (χ0v) is 10.9. The van der Waals surface area contributed by atoms with Gasteiger partial charge in [-0.05, 0) is 34.6 Å². The number of rotatable bonds is 3. The third kappa shape index (κ3) is 2.11. The van der Waals surface area contributed by atoms with Crippen molar-refractivity contribution in [1.29, 1.82) is 0 Å². The maximum Gasteiger partial charge on any atom is 0.336 e. The summed E-state index contributed by atoms with van der Waals surface area (Å²) in [4.78, 5) is 36.0. The van der Waals surface area contributed by atoms with Crippen molar-refractivity contribution in [2.75, 3.05) is 0 Å². The van der Waals surface area contributed by atoms with Crippen LogP contribution in [0.4, 0.5) is 0 Å². The highest BCUT2D eigenvalue weighted by Crippen LogP contribution is 1.97. The van der Waals surface area contributed by atoms with E-state index in [1.165, 1.54) is 0 Å². The molecule has 0 saturated carbocycles. The Balaban J connectivity index is 3.91. The van der Waals surface area contributed by atoms with Gasteiger partial charge in [0.1, 0.15) is 0 Å². The van der Waals surface area contributed by atoms with Gasteiger partial charge < -0.3 is 0 Å². The van der Waals surface area contributed by atoms with E-state index in [0.717, 1.165) is 13.7 Å². The average Bonchev–Trinajstić information content (AvgIpc) is 2.16. The summed E-state index contributed by atoms with van der Waals surface area (Å²) < 4.78 is 3.32. The van der Waals surface area contributed by atoms with E-state index in [0.29, 0.717) is 0 Å². The molecule has 17 heavy (non-hydrogen) atoms.